The maximum absolute atomic E-state index is 12.1. The smallest absolute Gasteiger partial charge is 0.251 e. The molecule has 1 fully saturated rings. The molecule has 1 saturated heterocycles. The predicted octanol–water partition coefficient (Wildman–Crippen LogP) is 1.76. The number of rotatable bonds is 3. The molecule has 1 unspecified atom stereocenters. The molecule has 1 aromatic carbocycles. The van der Waals surface area contributed by atoms with E-state index in [1.54, 1.807) is 12.1 Å². The van der Waals surface area contributed by atoms with E-state index in [4.69, 9.17) is 0 Å². The Labute approximate surface area is 126 Å². The lowest BCUT2D eigenvalue weighted by molar-refractivity contribution is -0.115. The van der Waals surface area contributed by atoms with Crippen LogP contribution in [0, 0.1) is 0 Å². The lowest BCUT2D eigenvalue weighted by atomic mass is 10.1. The zero-order chi connectivity index (χ0) is 13.9. The van der Waals surface area contributed by atoms with Crippen LogP contribution in [0.25, 0.3) is 0 Å². The summed E-state index contributed by atoms with van der Waals surface area (Å²) < 4.78 is 0. The second kappa shape index (κ2) is 6.10. The molecule has 2 N–H and O–H groups in total. The molecule has 2 heterocycles. The van der Waals surface area contributed by atoms with Gasteiger partial charge < -0.3 is 10.6 Å². The van der Waals surface area contributed by atoms with Gasteiger partial charge in [-0.2, -0.15) is 23.5 Å². The Morgan fingerprint density at radius 3 is 3.10 bits per heavy atom. The van der Waals surface area contributed by atoms with Gasteiger partial charge in [-0.15, -0.1) is 0 Å². The molecule has 0 aromatic heterocycles. The van der Waals surface area contributed by atoms with Crippen molar-refractivity contribution in [3.05, 3.63) is 29.3 Å². The van der Waals surface area contributed by atoms with Crippen LogP contribution in [0.3, 0.4) is 0 Å². The third kappa shape index (κ3) is 3.12. The van der Waals surface area contributed by atoms with Gasteiger partial charge in [0.1, 0.15) is 0 Å². The summed E-state index contributed by atoms with van der Waals surface area (Å²) in [7, 11) is 0. The minimum atomic E-state index is -0.0647. The van der Waals surface area contributed by atoms with Crippen LogP contribution in [-0.2, 0) is 11.2 Å². The maximum Gasteiger partial charge on any atom is 0.251 e. The highest BCUT2D eigenvalue weighted by Gasteiger charge is 2.20. The molecule has 3 rings (SSSR count). The first-order valence-electron chi connectivity index (χ1n) is 6.63. The first kappa shape index (κ1) is 13.8. The number of fused-ring (bicyclic) bond motifs is 1. The SMILES string of the molecule is O=C1Cc2ccc(C(=O)NCC3CSCCS3)cc2N1. The zero-order valence-corrected chi connectivity index (χ0v) is 12.6. The Hall–Kier alpha value is -1.14. The van der Waals surface area contributed by atoms with E-state index in [-0.39, 0.29) is 11.8 Å². The molecule has 0 saturated carbocycles. The van der Waals surface area contributed by atoms with Crippen LogP contribution in [0.2, 0.25) is 0 Å². The number of carbonyl (C=O) groups excluding carboxylic acids is 2. The van der Waals surface area contributed by atoms with Crippen LogP contribution in [0.1, 0.15) is 15.9 Å². The average molecular weight is 308 g/mol. The van der Waals surface area contributed by atoms with Gasteiger partial charge in [0.2, 0.25) is 5.91 Å². The van der Waals surface area contributed by atoms with Crippen molar-refractivity contribution in [2.75, 3.05) is 29.1 Å². The van der Waals surface area contributed by atoms with E-state index in [0.29, 0.717) is 23.8 Å². The first-order chi connectivity index (χ1) is 9.72. The fourth-order valence-electron chi connectivity index (χ4n) is 2.32. The van der Waals surface area contributed by atoms with Crippen molar-refractivity contribution < 1.29 is 9.59 Å². The van der Waals surface area contributed by atoms with Gasteiger partial charge >= 0.3 is 0 Å². The van der Waals surface area contributed by atoms with Crippen molar-refractivity contribution >= 4 is 41.0 Å². The highest BCUT2D eigenvalue weighted by Crippen LogP contribution is 2.25. The van der Waals surface area contributed by atoms with Gasteiger partial charge in [-0.3, -0.25) is 9.59 Å². The molecule has 6 heteroatoms. The van der Waals surface area contributed by atoms with Gasteiger partial charge in [0.05, 0.1) is 6.42 Å². The third-order valence-corrected chi connectivity index (χ3v) is 6.22. The minimum Gasteiger partial charge on any atom is -0.351 e. The zero-order valence-electron chi connectivity index (χ0n) is 11.0. The molecule has 1 aromatic rings. The van der Waals surface area contributed by atoms with E-state index in [2.05, 4.69) is 10.6 Å². The van der Waals surface area contributed by atoms with Crippen molar-refractivity contribution in [2.45, 2.75) is 11.7 Å². The number of hydrogen-bond acceptors (Lipinski definition) is 4. The Morgan fingerprint density at radius 2 is 2.30 bits per heavy atom. The van der Waals surface area contributed by atoms with Crippen LogP contribution in [0.15, 0.2) is 18.2 Å². The van der Waals surface area contributed by atoms with Gasteiger partial charge in [-0.25, -0.2) is 0 Å². The fourth-order valence-corrected chi connectivity index (χ4v) is 4.93. The van der Waals surface area contributed by atoms with Crippen LogP contribution in [-0.4, -0.2) is 40.9 Å². The third-order valence-electron chi connectivity index (χ3n) is 3.37. The quantitative estimate of drug-likeness (QED) is 0.893. The number of carbonyl (C=O) groups is 2. The van der Waals surface area contributed by atoms with Gasteiger partial charge in [-0.05, 0) is 17.7 Å². The second-order valence-electron chi connectivity index (χ2n) is 4.87. The van der Waals surface area contributed by atoms with Crippen molar-refractivity contribution in [2.24, 2.45) is 0 Å². The van der Waals surface area contributed by atoms with Crippen LogP contribution in [0.5, 0.6) is 0 Å². The van der Waals surface area contributed by atoms with E-state index in [9.17, 15) is 9.59 Å². The van der Waals surface area contributed by atoms with Crippen molar-refractivity contribution in [3.63, 3.8) is 0 Å². The molecular formula is C14H16N2O2S2. The molecule has 2 aliphatic heterocycles. The largest absolute Gasteiger partial charge is 0.351 e. The number of nitrogens with one attached hydrogen (secondary N) is 2. The summed E-state index contributed by atoms with van der Waals surface area (Å²) in [5.74, 6) is 3.40. The average Bonchev–Trinajstić information content (AvgIpc) is 2.85. The van der Waals surface area contributed by atoms with E-state index in [0.717, 1.165) is 22.8 Å². The lowest BCUT2D eigenvalue weighted by Crippen LogP contribution is -2.33. The summed E-state index contributed by atoms with van der Waals surface area (Å²) in [6, 6.07) is 5.41. The molecule has 1 atom stereocenters. The molecule has 2 amide bonds. The van der Waals surface area contributed by atoms with E-state index < -0.39 is 0 Å². The molecular weight excluding hydrogens is 292 g/mol. The molecule has 0 bridgehead atoms. The molecule has 2 aliphatic rings. The summed E-state index contributed by atoms with van der Waals surface area (Å²) in [4.78, 5) is 23.4. The van der Waals surface area contributed by atoms with E-state index in [1.807, 2.05) is 29.6 Å². The fraction of sp³-hybridized carbons (Fsp3) is 0.429. The highest BCUT2D eigenvalue weighted by atomic mass is 32.2. The molecule has 0 spiro atoms. The standard InChI is InChI=1S/C14H16N2O2S2/c17-13-6-9-1-2-10(5-12(9)16-13)14(18)15-7-11-8-19-3-4-20-11/h1-2,5,11H,3-4,6-8H2,(H,15,18)(H,16,17). The van der Waals surface area contributed by atoms with Crippen LogP contribution < -0.4 is 10.6 Å². The van der Waals surface area contributed by atoms with Crippen molar-refractivity contribution in [1.29, 1.82) is 0 Å². The van der Waals surface area contributed by atoms with Gasteiger partial charge in [0, 0.05) is 40.3 Å². The van der Waals surface area contributed by atoms with Crippen LogP contribution in [0.4, 0.5) is 5.69 Å². The van der Waals surface area contributed by atoms with Crippen molar-refractivity contribution in [3.8, 4) is 0 Å². The Bertz CT molecular complexity index is 542. The van der Waals surface area contributed by atoms with E-state index >= 15 is 0 Å². The molecule has 106 valence electrons. The Morgan fingerprint density at radius 1 is 1.40 bits per heavy atom. The summed E-state index contributed by atoms with van der Waals surface area (Å²) in [5.41, 5.74) is 2.34. The Kier molecular flexibility index (Phi) is 4.21. The summed E-state index contributed by atoms with van der Waals surface area (Å²) in [6.07, 6.45) is 0.410. The maximum atomic E-state index is 12.1. The second-order valence-corrected chi connectivity index (χ2v) is 7.43. The van der Waals surface area contributed by atoms with Gasteiger partial charge in [0.15, 0.2) is 0 Å². The lowest BCUT2D eigenvalue weighted by Gasteiger charge is -2.21. The summed E-state index contributed by atoms with van der Waals surface area (Å²) in [5, 5.41) is 6.26. The molecule has 4 nitrogen and oxygen atoms in total. The van der Waals surface area contributed by atoms with Gasteiger partial charge in [0.25, 0.3) is 5.91 Å². The number of hydrogen-bond donors (Lipinski definition) is 2. The topological polar surface area (TPSA) is 58.2 Å². The Balaban J connectivity index is 1.60. The molecule has 0 aliphatic carbocycles. The highest BCUT2D eigenvalue weighted by molar-refractivity contribution is 8.06. The molecule has 0 radical (unpaired) electrons. The first-order valence-corrected chi connectivity index (χ1v) is 8.83. The summed E-state index contributed by atoms with van der Waals surface area (Å²) in [6.45, 7) is 0.708. The number of amides is 2. The number of thioether (sulfide) groups is 2. The molecule has 20 heavy (non-hydrogen) atoms. The number of anilines is 1. The van der Waals surface area contributed by atoms with Crippen LogP contribution >= 0.6 is 23.5 Å². The van der Waals surface area contributed by atoms with E-state index in [1.165, 1.54) is 5.75 Å². The summed E-state index contributed by atoms with van der Waals surface area (Å²) >= 11 is 3.88. The van der Waals surface area contributed by atoms with Crippen molar-refractivity contribution in [1.82, 2.24) is 5.32 Å². The minimum absolute atomic E-state index is 0.00631. The van der Waals surface area contributed by atoms with Gasteiger partial charge in [-0.1, -0.05) is 6.07 Å². The normalized spacial score (nSPS) is 21.2. The monoisotopic (exact) mass is 308 g/mol. The number of benzene rings is 1. The predicted molar refractivity (Wildman–Crippen MR) is 84.7 cm³/mol.